The molecule has 1 aromatic carbocycles. The Morgan fingerprint density at radius 1 is 1.59 bits per heavy atom. The highest BCUT2D eigenvalue weighted by molar-refractivity contribution is 9.10. The van der Waals surface area contributed by atoms with Crippen LogP contribution in [-0.2, 0) is 11.3 Å². The number of hydrogen-bond acceptors (Lipinski definition) is 4. The molecule has 0 aliphatic carbocycles. The van der Waals surface area contributed by atoms with E-state index in [2.05, 4.69) is 21.2 Å². The third-order valence-electron chi connectivity index (χ3n) is 2.26. The normalized spacial score (nSPS) is 12.4. The number of nitro groups is 1. The number of likely N-dealkylation sites (N-methyl/N-ethyl adjacent to an activating group) is 1. The Morgan fingerprint density at radius 2 is 2.29 bits per heavy atom. The number of rotatable bonds is 6. The Balaban J connectivity index is 2.63. The predicted molar refractivity (Wildman–Crippen MR) is 69.0 cm³/mol. The van der Waals surface area contributed by atoms with Crippen molar-refractivity contribution in [3.05, 3.63) is 38.3 Å². The molecule has 1 unspecified atom stereocenters. The Kier molecular flexibility index (Phi) is 5.54. The number of hydrogen-bond donors (Lipinski definition) is 1. The van der Waals surface area contributed by atoms with Gasteiger partial charge in [0.25, 0.3) is 5.69 Å². The van der Waals surface area contributed by atoms with E-state index in [9.17, 15) is 10.1 Å². The third-order valence-corrected chi connectivity index (χ3v) is 3.00. The molecule has 0 aromatic heterocycles. The van der Waals surface area contributed by atoms with E-state index in [0.29, 0.717) is 11.1 Å². The maximum atomic E-state index is 10.6. The highest BCUT2D eigenvalue weighted by Crippen LogP contribution is 2.23. The van der Waals surface area contributed by atoms with Gasteiger partial charge < -0.3 is 10.1 Å². The first kappa shape index (κ1) is 14.1. The minimum atomic E-state index is -0.418. The van der Waals surface area contributed by atoms with Gasteiger partial charge in [0.05, 0.1) is 17.6 Å². The molecule has 0 saturated heterocycles. The van der Waals surface area contributed by atoms with Gasteiger partial charge in [0.15, 0.2) is 0 Å². The topological polar surface area (TPSA) is 64.4 Å². The fraction of sp³-hybridized carbons (Fsp3) is 0.455. The van der Waals surface area contributed by atoms with E-state index in [4.69, 9.17) is 4.74 Å². The third kappa shape index (κ3) is 4.41. The van der Waals surface area contributed by atoms with Crippen LogP contribution >= 0.6 is 15.9 Å². The number of non-ortho nitro benzene ring substituents is 1. The first-order valence-electron chi connectivity index (χ1n) is 5.23. The SMILES string of the molecule is CNCC(C)OCc1ccc([N+](=O)[O-])cc1Br. The van der Waals surface area contributed by atoms with Gasteiger partial charge in [0, 0.05) is 23.2 Å². The van der Waals surface area contributed by atoms with Crippen LogP contribution in [0.3, 0.4) is 0 Å². The van der Waals surface area contributed by atoms with Crippen LogP contribution in [-0.4, -0.2) is 24.6 Å². The Morgan fingerprint density at radius 3 is 2.82 bits per heavy atom. The zero-order valence-electron chi connectivity index (χ0n) is 9.77. The van der Waals surface area contributed by atoms with Gasteiger partial charge in [-0.3, -0.25) is 10.1 Å². The van der Waals surface area contributed by atoms with Crippen LogP contribution < -0.4 is 5.32 Å². The number of ether oxygens (including phenoxy) is 1. The average Bonchev–Trinajstić information content (AvgIpc) is 2.27. The molecule has 1 N–H and O–H groups in total. The van der Waals surface area contributed by atoms with Crippen LogP contribution in [0, 0.1) is 10.1 Å². The molecule has 0 bridgehead atoms. The molecule has 94 valence electrons. The zero-order valence-corrected chi connectivity index (χ0v) is 11.4. The summed E-state index contributed by atoms with van der Waals surface area (Å²) in [7, 11) is 1.86. The first-order chi connectivity index (χ1) is 8.04. The Labute approximate surface area is 108 Å². The highest BCUT2D eigenvalue weighted by atomic mass is 79.9. The van der Waals surface area contributed by atoms with Gasteiger partial charge in [-0.2, -0.15) is 0 Å². The minimum absolute atomic E-state index is 0.0731. The summed E-state index contributed by atoms with van der Waals surface area (Å²) in [5, 5.41) is 13.6. The van der Waals surface area contributed by atoms with Crippen molar-refractivity contribution in [2.75, 3.05) is 13.6 Å². The van der Waals surface area contributed by atoms with Gasteiger partial charge >= 0.3 is 0 Å². The summed E-state index contributed by atoms with van der Waals surface area (Å²) in [6.07, 6.45) is 0.0992. The van der Waals surface area contributed by atoms with E-state index in [1.165, 1.54) is 12.1 Å². The van der Waals surface area contributed by atoms with Crippen LogP contribution in [0.4, 0.5) is 5.69 Å². The molecule has 0 saturated carbocycles. The van der Waals surface area contributed by atoms with Crippen molar-refractivity contribution in [1.29, 1.82) is 0 Å². The average molecular weight is 303 g/mol. The van der Waals surface area contributed by atoms with Crippen molar-refractivity contribution in [3.8, 4) is 0 Å². The van der Waals surface area contributed by atoms with Gasteiger partial charge in [-0.05, 0) is 25.6 Å². The largest absolute Gasteiger partial charge is 0.372 e. The molecular weight excluding hydrogens is 288 g/mol. The molecule has 0 radical (unpaired) electrons. The Hall–Kier alpha value is -0.980. The Bertz CT molecular complexity index is 398. The van der Waals surface area contributed by atoms with E-state index >= 15 is 0 Å². The summed E-state index contributed by atoms with van der Waals surface area (Å²) in [6.45, 7) is 3.17. The van der Waals surface area contributed by atoms with E-state index in [-0.39, 0.29) is 11.8 Å². The van der Waals surface area contributed by atoms with Crippen molar-refractivity contribution in [3.63, 3.8) is 0 Å². The van der Waals surface area contributed by atoms with E-state index in [0.717, 1.165) is 12.1 Å². The van der Waals surface area contributed by atoms with Crippen molar-refractivity contribution in [2.45, 2.75) is 19.6 Å². The lowest BCUT2D eigenvalue weighted by molar-refractivity contribution is -0.384. The summed E-state index contributed by atoms with van der Waals surface area (Å²) in [4.78, 5) is 10.1. The van der Waals surface area contributed by atoms with Gasteiger partial charge in [0.1, 0.15) is 0 Å². The zero-order chi connectivity index (χ0) is 12.8. The molecule has 17 heavy (non-hydrogen) atoms. The fourth-order valence-corrected chi connectivity index (χ4v) is 1.83. The van der Waals surface area contributed by atoms with Crippen LogP contribution in [0.2, 0.25) is 0 Å². The maximum Gasteiger partial charge on any atom is 0.270 e. The maximum absolute atomic E-state index is 10.6. The van der Waals surface area contributed by atoms with Crippen molar-refractivity contribution < 1.29 is 9.66 Å². The number of halogens is 1. The molecule has 0 spiro atoms. The van der Waals surface area contributed by atoms with Gasteiger partial charge in [-0.15, -0.1) is 0 Å². The number of nitrogens with zero attached hydrogens (tertiary/aromatic N) is 1. The molecule has 5 nitrogen and oxygen atoms in total. The van der Waals surface area contributed by atoms with Gasteiger partial charge in [-0.25, -0.2) is 0 Å². The molecule has 0 amide bonds. The predicted octanol–water partition coefficient (Wildman–Crippen LogP) is 2.48. The van der Waals surface area contributed by atoms with Crippen LogP contribution in [0.25, 0.3) is 0 Å². The summed E-state index contributed by atoms with van der Waals surface area (Å²) in [5.41, 5.74) is 0.974. The van der Waals surface area contributed by atoms with Crippen LogP contribution in [0.15, 0.2) is 22.7 Å². The van der Waals surface area contributed by atoms with Crippen molar-refractivity contribution in [2.24, 2.45) is 0 Å². The highest BCUT2D eigenvalue weighted by Gasteiger charge is 2.10. The second-order valence-corrected chi connectivity index (χ2v) is 4.57. The summed E-state index contributed by atoms with van der Waals surface area (Å²) >= 11 is 3.30. The molecule has 1 atom stereocenters. The number of nitro benzene ring substituents is 1. The molecule has 1 rings (SSSR count). The molecule has 1 aromatic rings. The van der Waals surface area contributed by atoms with Gasteiger partial charge in [0.2, 0.25) is 0 Å². The summed E-state index contributed by atoms with van der Waals surface area (Å²) in [5.74, 6) is 0. The number of benzene rings is 1. The monoisotopic (exact) mass is 302 g/mol. The lowest BCUT2D eigenvalue weighted by Gasteiger charge is -2.13. The lowest BCUT2D eigenvalue weighted by Crippen LogP contribution is -2.23. The molecule has 0 fully saturated rings. The van der Waals surface area contributed by atoms with Crippen molar-refractivity contribution in [1.82, 2.24) is 5.32 Å². The second kappa shape index (κ2) is 6.68. The molecule has 0 heterocycles. The first-order valence-corrected chi connectivity index (χ1v) is 6.03. The summed E-state index contributed by atoms with van der Waals surface area (Å²) < 4.78 is 6.28. The van der Waals surface area contributed by atoms with E-state index < -0.39 is 4.92 Å². The molecule has 0 aliphatic heterocycles. The molecular formula is C11H15BrN2O3. The fourth-order valence-electron chi connectivity index (χ4n) is 1.35. The van der Waals surface area contributed by atoms with Gasteiger partial charge in [-0.1, -0.05) is 15.9 Å². The van der Waals surface area contributed by atoms with Crippen molar-refractivity contribution >= 4 is 21.6 Å². The van der Waals surface area contributed by atoms with E-state index in [1.54, 1.807) is 6.07 Å². The smallest absolute Gasteiger partial charge is 0.270 e. The minimum Gasteiger partial charge on any atom is -0.372 e. The lowest BCUT2D eigenvalue weighted by atomic mass is 10.2. The quantitative estimate of drug-likeness (QED) is 0.648. The van der Waals surface area contributed by atoms with Crippen LogP contribution in [0.5, 0.6) is 0 Å². The summed E-state index contributed by atoms with van der Waals surface area (Å²) in [6, 6.07) is 4.67. The standard InChI is InChI=1S/C11H15BrN2O3/c1-8(6-13-2)17-7-9-3-4-10(14(15)16)5-11(9)12/h3-5,8,13H,6-7H2,1-2H3. The van der Waals surface area contributed by atoms with E-state index in [1.807, 2.05) is 14.0 Å². The van der Waals surface area contributed by atoms with Crippen LogP contribution in [0.1, 0.15) is 12.5 Å². The number of nitrogens with one attached hydrogen (secondary N) is 1. The molecule has 0 aliphatic rings. The second-order valence-electron chi connectivity index (χ2n) is 3.71. The molecule has 6 heteroatoms.